The summed E-state index contributed by atoms with van der Waals surface area (Å²) in [5.41, 5.74) is -0.761. The molecule has 6 nitrogen and oxygen atoms in total. The minimum atomic E-state index is -0.935. The molecule has 22 heavy (non-hydrogen) atoms. The van der Waals surface area contributed by atoms with Crippen molar-refractivity contribution in [2.75, 3.05) is 6.61 Å². The van der Waals surface area contributed by atoms with Gasteiger partial charge in [-0.1, -0.05) is 26.0 Å². The summed E-state index contributed by atoms with van der Waals surface area (Å²) in [6.07, 6.45) is 0.175. The number of fused-ring (bicyclic) bond motifs is 1. The van der Waals surface area contributed by atoms with Crippen molar-refractivity contribution < 1.29 is 24.2 Å². The third-order valence-electron chi connectivity index (χ3n) is 4.03. The lowest BCUT2D eigenvalue weighted by Gasteiger charge is -2.34. The van der Waals surface area contributed by atoms with Crippen LogP contribution in [0.1, 0.15) is 33.1 Å². The number of carboxylic acid groups (broad SMARTS) is 1. The Balaban J connectivity index is 2.07. The summed E-state index contributed by atoms with van der Waals surface area (Å²) >= 11 is 0. The number of carbonyl (C=O) groups excluding carboxylic acids is 1. The lowest BCUT2D eigenvalue weighted by molar-refractivity contribution is -0.140. The van der Waals surface area contributed by atoms with Crippen LogP contribution in [0.4, 0.5) is 0 Å². The van der Waals surface area contributed by atoms with Gasteiger partial charge in [0.05, 0.1) is 12.0 Å². The number of hydrogen-bond donors (Lipinski definition) is 2. The zero-order chi connectivity index (χ0) is 16.2. The van der Waals surface area contributed by atoms with Crippen LogP contribution in [-0.4, -0.2) is 35.2 Å². The Hall–Kier alpha value is -2.24. The quantitative estimate of drug-likeness (QED) is 0.839. The van der Waals surface area contributed by atoms with Crippen molar-refractivity contribution in [1.82, 2.24) is 5.32 Å². The van der Waals surface area contributed by atoms with Crippen molar-refractivity contribution in [2.24, 2.45) is 0 Å². The summed E-state index contributed by atoms with van der Waals surface area (Å²) in [7, 11) is 0. The SMILES string of the molecule is CCC(CC)(CC(=O)O)NC(=O)C1COc2ccccc2O1. The first-order chi connectivity index (χ1) is 10.5. The molecule has 0 aliphatic carbocycles. The molecule has 0 spiro atoms. The van der Waals surface area contributed by atoms with E-state index in [4.69, 9.17) is 14.6 Å². The second-order valence-corrected chi connectivity index (χ2v) is 5.41. The molecule has 2 rings (SSSR count). The molecule has 1 atom stereocenters. The average molecular weight is 307 g/mol. The van der Waals surface area contributed by atoms with Gasteiger partial charge >= 0.3 is 5.97 Å². The number of para-hydroxylation sites is 2. The highest BCUT2D eigenvalue weighted by atomic mass is 16.6. The molecule has 1 aromatic carbocycles. The Labute approximate surface area is 129 Å². The van der Waals surface area contributed by atoms with Gasteiger partial charge in [0.2, 0.25) is 6.10 Å². The van der Waals surface area contributed by atoms with E-state index in [0.717, 1.165) is 0 Å². The van der Waals surface area contributed by atoms with E-state index >= 15 is 0 Å². The molecule has 0 bridgehead atoms. The Morgan fingerprint density at radius 2 is 1.91 bits per heavy atom. The number of aliphatic carboxylic acids is 1. The third kappa shape index (κ3) is 3.50. The summed E-state index contributed by atoms with van der Waals surface area (Å²) in [5.74, 6) is -0.158. The average Bonchev–Trinajstić information content (AvgIpc) is 2.53. The fourth-order valence-corrected chi connectivity index (χ4v) is 2.50. The van der Waals surface area contributed by atoms with Gasteiger partial charge in [-0.05, 0) is 25.0 Å². The highest BCUT2D eigenvalue weighted by molar-refractivity contribution is 5.83. The number of carbonyl (C=O) groups is 2. The molecule has 0 saturated heterocycles. The van der Waals surface area contributed by atoms with Crippen LogP contribution < -0.4 is 14.8 Å². The Bertz CT molecular complexity index is 553. The minimum Gasteiger partial charge on any atom is -0.485 e. The molecule has 2 N–H and O–H groups in total. The van der Waals surface area contributed by atoms with E-state index in [9.17, 15) is 9.59 Å². The second kappa shape index (κ2) is 6.68. The monoisotopic (exact) mass is 307 g/mol. The van der Waals surface area contributed by atoms with Gasteiger partial charge in [-0.25, -0.2) is 0 Å². The van der Waals surface area contributed by atoms with Crippen molar-refractivity contribution >= 4 is 11.9 Å². The molecule has 0 fully saturated rings. The zero-order valence-corrected chi connectivity index (χ0v) is 12.8. The van der Waals surface area contributed by atoms with Crippen molar-refractivity contribution in [3.8, 4) is 11.5 Å². The van der Waals surface area contributed by atoms with Gasteiger partial charge in [-0.15, -0.1) is 0 Å². The molecule has 1 heterocycles. The van der Waals surface area contributed by atoms with Crippen molar-refractivity contribution in [1.29, 1.82) is 0 Å². The smallest absolute Gasteiger partial charge is 0.305 e. The normalized spacial score (nSPS) is 16.9. The Morgan fingerprint density at radius 1 is 1.27 bits per heavy atom. The van der Waals surface area contributed by atoms with Crippen LogP contribution in [0.5, 0.6) is 11.5 Å². The van der Waals surface area contributed by atoms with Crippen LogP contribution in [0.15, 0.2) is 24.3 Å². The molecular formula is C16H21NO5. The first-order valence-corrected chi connectivity index (χ1v) is 7.42. The number of rotatable bonds is 6. The predicted molar refractivity (Wildman–Crippen MR) is 80.1 cm³/mol. The molecular weight excluding hydrogens is 286 g/mol. The second-order valence-electron chi connectivity index (χ2n) is 5.41. The first kappa shape index (κ1) is 16.1. The topological polar surface area (TPSA) is 84.9 Å². The van der Waals surface area contributed by atoms with Crippen LogP contribution >= 0.6 is 0 Å². The number of amides is 1. The van der Waals surface area contributed by atoms with Gasteiger partial charge in [0.15, 0.2) is 11.5 Å². The number of benzene rings is 1. The van der Waals surface area contributed by atoms with Gasteiger partial charge in [0.25, 0.3) is 5.91 Å². The fourth-order valence-electron chi connectivity index (χ4n) is 2.50. The van der Waals surface area contributed by atoms with Gasteiger partial charge < -0.3 is 19.9 Å². The van der Waals surface area contributed by atoms with Crippen LogP contribution in [-0.2, 0) is 9.59 Å². The number of nitrogens with one attached hydrogen (secondary N) is 1. The number of carboxylic acids is 1. The molecule has 0 radical (unpaired) electrons. The van der Waals surface area contributed by atoms with Crippen LogP contribution in [0.25, 0.3) is 0 Å². The lowest BCUT2D eigenvalue weighted by atomic mass is 9.88. The maximum atomic E-state index is 12.4. The largest absolute Gasteiger partial charge is 0.485 e. The van der Waals surface area contributed by atoms with Crippen LogP contribution in [0, 0.1) is 0 Å². The van der Waals surface area contributed by atoms with Crippen molar-refractivity contribution in [3.05, 3.63) is 24.3 Å². The molecule has 1 unspecified atom stereocenters. The van der Waals surface area contributed by atoms with Crippen LogP contribution in [0.2, 0.25) is 0 Å². The molecule has 6 heteroatoms. The maximum absolute atomic E-state index is 12.4. The van der Waals surface area contributed by atoms with E-state index in [2.05, 4.69) is 5.32 Å². The molecule has 0 aromatic heterocycles. The lowest BCUT2D eigenvalue weighted by Crippen LogP contribution is -2.55. The summed E-state index contributed by atoms with van der Waals surface area (Å²) in [4.78, 5) is 23.5. The van der Waals surface area contributed by atoms with E-state index in [1.165, 1.54) is 0 Å². The van der Waals surface area contributed by atoms with Gasteiger partial charge in [0, 0.05) is 0 Å². The molecule has 1 aliphatic rings. The molecule has 0 saturated carbocycles. The summed E-state index contributed by atoms with van der Waals surface area (Å²) in [6, 6.07) is 7.14. The van der Waals surface area contributed by atoms with E-state index < -0.39 is 17.6 Å². The summed E-state index contributed by atoms with van der Waals surface area (Å²) in [6.45, 7) is 3.83. The Morgan fingerprint density at radius 3 is 2.50 bits per heavy atom. The van der Waals surface area contributed by atoms with Gasteiger partial charge in [0.1, 0.15) is 6.61 Å². The van der Waals surface area contributed by atoms with Gasteiger partial charge in [-0.2, -0.15) is 0 Å². The fraction of sp³-hybridized carbons (Fsp3) is 0.500. The Kier molecular flexibility index (Phi) is 4.90. The van der Waals surface area contributed by atoms with Crippen molar-refractivity contribution in [3.63, 3.8) is 0 Å². The molecule has 1 aliphatic heterocycles. The van der Waals surface area contributed by atoms with E-state index in [-0.39, 0.29) is 18.9 Å². The highest BCUT2D eigenvalue weighted by Gasteiger charge is 2.35. The van der Waals surface area contributed by atoms with Gasteiger partial charge in [-0.3, -0.25) is 9.59 Å². The van der Waals surface area contributed by atoms with Crippen molar-refractivity contribution in [2.45, 2.75) is 44.8 Å². The molecule has 120 valence electrons. The first-order valence-electron chi connectivity index (χ1n) is 7.42. The van der Waals surface area contributed by atoms with Crippen LogP contribution in [0.3, 0.4) is 0 Å². The summed E-state index contributed by atoms with van der Waals surface area (Å²) < 4.78 is 11.2. The van der Waals surface area contributed by atoms with E-state index in [1.807, 2.05) is 19.9 Å². The summed E-state index contributed by atoms with van der Waals surface area (Å²) in [5, 5.41) is 11.9. The molecule has 1 aromatic rings. The minimum absolute atomic E-state index is 0.111. The van der Waals surface area contributed by atoms with E-state index in [1.54, 1.807) is 18.2 Å². The van der Waals surface area contributed by atoms with E-state index in [0.29, 0.717) is 24.3 Å². The standard InChI is InChI=1S/C16H21NO5/c1-3-16(4-2,9-14(18)19)17-15(20)13-10-21-11-7-5-6-8-12(11)22-13/h5-8,13H,3-4,9-10H2,1-2H3,(H,17,20)(H,18,19). The number of ether oxygens (including phenoxy) is 2. The highest BCUT2D eigenvalue weighted by Crippen LogP contribution is 2.31. The molecule has 1 amide bonds. The maximum Gasteiger partial charge on any atom is 0.305 e. The predicted octanol–water partition coefficient (Wildman–Crippen LogP) is 1.98. The third-order valence-corrected chi connectivity index (χ3v) is 4.03. The number of hydrogen-bond acceptors (Lipinski definition) is 4. The zero-order valence-electron chi connectivity index (χ0n) is 12.8.